The summed E-state index contributed by atoms with van der Waals surface area (Å²) < 4.78 is 0. The molecular weight excluding hydrogens is 274 g/mol. The smallest absolute Gasteiger partial charge is 0.246 e. The lowest BCUT2D eigenvalue weighted by atomic mass is 9.72. The molecule has 0 aromatic carbocycles. The lowest BCUT2D eigenvalue weighted by Crippen LogP contribution is -2.56. The van der Waals surface area contributed by atoms with Gasteiger partial charge in [-0.05, 0) is 24.5 Å². The molecule has 1 aliphatic rings. The zero-order valence-corrected chi connectivity index (χ0v) is 13.7. The Bertz CT molecular complexity index is 653. The summed E-state index contributed by atoms with van der Waals surface area (Å²) in [4.78, 5) is 11.3. The third kappa shape index (κ3) is 2.45. The zero-order valence-electron chi connectivity index (χ0n) is 13.7. The fraction of sp³-hybridized carbons (Fsp3) is 0.529. The molecule has 0 aliphatic carbocycles. The molecule has 1 aliphatic heterocycles. The van der Waals surface area contributed by atoms with Crippen LogP contribution in [0.1, 0.15) is 50.7 Å². The average molecular weight is 297 g/mol. The molecular formula is C17H23N5. The Balaban J connectivity index is 1.95. The van der Waals surface area contributed by atoms with E-state index in [1.807, 2.05) is 18.5 Å². The number of rotatable bonds is 4. The number of hydrogen-bond donors (Lipinski definition) is 0. The minimum absolute atomic E-state index is 0.183. The van der Waals surface area contributed by atoms with Crippen LogP contribution in [0.3, 0.4) is 0 Å². The SMILES string of the molecule is CCc1nnc(N2CC(C)(C)C2c2cccnc2)nc1CC. The molecule has 5 nitrogen and oxygen atoms in total. The van der Waals surface area contributed by atoms with Gasteiger partial charge in [0.05, 0.1) is 17.4 Å². The molecule has 3 heterocycles. The van der Waals surface area contributed by atoms with Gasteiger partial charge in [0.25, 0.3) is 0 Å². The van der Waals surface area contributed by atoms with Gasteiger partial charge in [0, 0.05) is 24.4 Å². The van der Waals surface area contributed by atoms with Crippen LogP contribution in [0.15, 0.2) is 24.5 Å². The third-order valence-corrected chi connectivity index (χ3v) is 4.38. The summed E-state index contributed by atoms with van der Waals surface area (Å²) in [5, 5.41) is 8.74. The number of aromatic nitrogens is 4. The van der Waals surface area contributed by atoms with Crippen molar-refractivity contribution in [2.75, 3.05) is 11.4 Å². The van der Waals surface area contributed by atoms with Crippen molar-refractivity contribution in [2.24, 2.45) is 5.41 Å². The Morgan fingerprint density at radius 2 is 1.95 bits per heavy atom. The van der Waals surface area contributed by atoms with E-state index >= 15 is 0 Å². The van der Waals surface area contributed by atoms with Gasteiger partial charge >= 0.3 is 0 Å². The second kappa shape index (κ2) is 5.63. The Morgan fingerprint density at radius 1 is 1.18 bits per heavy atom. The maximum atomic E-state index is 4.76. The molecule has 0 bridgehead atoms. The first-order valence-corrected chi connectivity index (χ1v) is 7.96. The van der Waals surface area contributed by atoms with E-state index in [0.717, 1.165) is 36.7 Å². The van der Waals surface area contributed by atoms with E-state index in [2.05, 4.69) is 53.8 Å². The molecule has 3 rings (SSSR count). The van der Waals surface area contributed by atoms with Gasteiger partial charge in [-0.2, -0.15) is 5.10 Å². The molecule has 22 heavy (non-hydrogen) atoms. The molecule has 1 fully saturated rings. The molecule has 1 saturated heterocycles. The van der Waals surface area contributed by atoms with E-state index in [4.69, 9.17) is 4.98 Å². The van der Waals surface area contributed by atoms with Crippen LogP contribution >= 0.6 is 0 Å². The second-order valence-corrected chi connectivity index (χ2v) is 6.52. The highest BCUT2D eigenvalue weighted by atomic mass is 15.4. The number of aryl methyl sites for hydroxylation is 2. The third-order valence-electron chi connectivity index (χ3n) is 4.38. The summed E-state index contributed by atoms with van der Waals surface area (Å²) in [6, 6.07) is 4.36. The van der Waals surface area contributed by atoms with E-state index in [1.54, 1.807) is 0 Å². The van der Waals surface area contributed by atoms with E-state index in [0.29, 0.717) is 0 Å². The van der Waals surface area contributed by atoms with Crippen molar-refractivity contribution in [3.63, 3.8) is 0 Å². The van der Waals surface area contributed by atoms with Crippen LogP contribution in [0, 0.1) is 5.41 Å². The zero-order chi connectivity index (χ0) is 15.7. The quantitative estimate of drug-likeness (QED) is 0.868. The highest BCUT2D eigenvalue weighted by molar-refractivity contribution is 5.43. The Labute approximate surface area is 131 Å². The minimum Gasteiger partial charge on any atom is -0.331 e. The van der Waals surface area contributed by atoms with Crippen molar-refractivity contribution < 1.29 is 0 Å². The fourth-order valence-electron chi connectivity index (χ4n) is 3.33. The Hall–Kier alpha value is -2.04. The van der Waals surface area contributed by atoms with E-state index in [-0.39, 0.29) is 11.5 Å². The van der Waals surface area contributed by atoms with E-state index < -0.39 is 0 Å². The normalized spacial score (nSPS) is 19.8. The highest BCUT2D eigenvalue weighted by Crippen LogP contribution is 2.49. The maximum Gasteiger partial charge on any atom is 0.246 e. The fourth-order valence-corrected chi connectivity index (χ4v) is 3.33. The highest BCUT2D eigenvalue weighted by Gasteiger charge is 2.48. The molecule has 2 aromatic heterocycles. The molecule has 1 atom stereocenters. The first-order chi connectivity index (χ1) is 10.6. The van der Waals surface area contributed by atoms with Crippen LogP contribution < -0.4 is 4.90 Å². The number of anilines is 1. The van der Waals surface area contributed by atoms with Crippen molar-refractivity contribution in [3.8, 4) is 0 Å². The number of hydrogen-bond acceptors (Lipinski definition) is 5. The molecule has 0 saturated carbocycles. The Kier molecular flexibility index (Phi) is 3.81. The van der Waals surface area contributed by atoms with Gasteiger partial charge in [0.1, 0.15) is 0 Å². The van der Waals surface area contributed by atoms with Crippen molar-refractivity contribution in [1.82, 2.24) is 20.2 Å². The largest absolute Gasteiger partial charge is 0.331 e. The Morgan fingerprint density at radius 3 is 2.55 bits per heavy atom. The van der Waals surface area contributed by atoms with E-state index in [9.17, 15) is 0 Å². The first kappa shape index (κ1) is 14.9. The lowest BCUT2D eigenvalue weighted by Gasteiger charge is -2.54. The van der Waals surface area contributed by atoms with Crippen LogP contribution in [0.25, 0.3) is 0 Å². The summed E-state index contributed by atoms with van der Waals surface area (Å²) >= 11 is 0. The molecule has 0 radical (unpaired) electrons. The molecule has 1 unspecified atom stereocenters. The van der Waals surface area contributed by atoms with Crippen molar-refractivity contribution >= 4 is 5.95 Å². The van der Waals surface area contributed by atoms with Gasteiger partial charge in [0.2, 0.25) is 5.95 Å². The summed E-state index contributed by atoms with van der Waals surface area (Å²) in [6.07, 6.45) is 5.51. The molecule has 0 spiro atoms. The molecule has 116 valence electrons. The molecule has 0 amide bonds. The van der Waals surface area contributed by atoms with Crippen molar-refractivity contribution in [3.05, 3.63) is 41.5 Å². The summed E-state index contributed by atoms with van der Waals surface area (Å²) in [7, 11) is 0. The second-order valence-electron chi connectivity index (χ2n) is 6.52. The van der Waals surface area contributed by atoms with Crippen LogP contribution in [0.4, 0.5) is 5.95 Å². The first-order valence-electron chi connectivity index (χ1n) is 7.96. The van der Waals surface area contributed by atoms with Gasteiger partial charge in [-0.25, -0.2) is 4.98 Å². The standard InChI is InChI=1S/C17H23N5/c1-5-13-14(6-2)20-21-16(19-13)22-11-17(3,4)15(22)12-8-7-9-18-10-12/h7-10,15H,5-6,11H2,1-4H3. The summed E-state index contributed by atoms with van der Waals surface area (Å²) in [6.45, 7) is 9.69. The predicted molar refractivity (Wildman–Crippen MR) is 86.7 cm³/mol. The van der Waals surface area contributed by atoms with Gasteiger partial charge in [-0.3, -0.25) is 4.98 Å². The average Bonchev–Trinajstić information content (AvgIpc) is 2.53. The van der Waals surface area contributed by atoms with Gasteiger partial charge in [0.15, 0.2) is 0 Å². The number of pyridine rings is 1. The van der Waals surface area contributed by atoms with Gasteiger partial charge in [-0.15, -0.1) is 5.10 Å². The van der Waals surface area contributed by atoms with Crippen LogP contribution in [-0.4, -0.2) is 26.7 Å². The van der Waals surface area contributed by atoms with Gasteiger partial charge in [-0.1, -0.05) is 33.8 Å². The molecule has 2 aromatic rings. The van der Waals surface area contributed by atoms with Crippen LogP contribution in [0.5, 0.6) is 0 Å². The van der Waals surface area contributed by atoms with Crippen molar-refractivity contribution in [1.29, 1.82) is 0 Å². The minimum atomic E-state index is 0.183. The molecule has 0 N–H and O–H groups in total. The summed E-state index contributed by atoms with van der Waals surface area (Å²) in [5.74, 6) is 0.738. The lowest BCUT2D eigenvalue weighted by molar-refractivity contribution is 0.176. The summed E-state index contributed by atoms with van der Waals surface area (Å²) in [5.41, 5.74) is 3.45. The monoisotopic (exact) mass is 297 g/mol. The maximum absolute atomic E-state index is 4.76. The predicted octanol–water partition coefficient (Wildman–Crippen LogP) is 2.98. The van der Waals surface area contributed by atoms with Gasteiger partial charge < -0.3 is 4.90 Å². The number of nitrogens with zero attached hydrogens (tertiary/aromatic N) is 5. The van der Waals surface area contributed by atoms with Crippen molar-refractivity contribution in [2.45, 2.75) is 46.6 Å². The van der Waals surface area contributed by atoms with Crippen LogP contribution in [-0.2, 0) is 12.8 Å². The van der Waals surface area contributed by atoms with Crippen LogP contribution in [0.2, 0.25) is 0 Å². The topological polar surface area (TPSA) is 54.8 Å². The molecule has 5 heteroatoms. The van der Waals surface area contributed by atoms with E-state index in [1.165, 1.54) is 5.56 Å².